The van der Waals surface area contributed by atoms with Gasteiger partial charge in [0.15, 0.2) is 11.5 Å². The molecule has 0 fully saturated rings. The molecule has 0 spiro atoms. The van der Waals surface area contributed by atoms with Crippen molar-refractivity contribution in [3.05, 3.63) is 58.9 Å². The van der Waals surface area contributed by atoms with Crippen LogP contribution < -0.4 is 20.1 Å². The maximum atomic E-state index is 14.4. The molecule has 2 aromatic carbocycles. The van der Waals surface area contributed by atoms with Gasteiger partial charge in [0.25, 0.3) is 0 Å². The van der Waals surface area contributed by atoms with Gasteiger partial charge in [0.2, 0.25) is 0 Å². The van der Waals surface area contributed by atoms with Gasteiger partial charge in [-0.05, 0) is 49.6 Å². The summed E-state index contributed by atoms with van der Waals surface area (Å²) in [6.45, 7) is 5.58. The van der Waals surface area contributed by atoms with Crippen molar-refractivity contribution in [1.29, 1.82) is 0 Å². The van der Waals surface area contributed by atoms with Crippen LogP contribution in [0.25, 0.3) is 0 Å². The molecular formula is C23H30FN3O3. The number of halogens is 1. The van der Waals surface area contributed by atoms with Gasteiger partial charge in [-0.1, -0.05) is 18.2 Å². The number of methoxy groups -OCH3 is 2. The third-order valence-electron chi connectivity index (χ3n) is 5.53. The van der Waals surface area contributed by atoms with Crippen LogP contribution in [0.2, 0.25) is 0 Å². The van der Waals surface area contributed by atoms with Crippen molar-refractivity contribution in [2.45, 2.75) is 38.9 Å². The molecule has 3 rings (SSSR count). The summed E-state index contributed by atoms with van der Waals surface area (Å²) < 4.78 is 25.3. The van der Waals surface area contributed by atoms with Crippen LogP contribution in [-0.2, 0) is 13.0 Å². The normalized spacial score (nSPS) is 17.0. The summed E-state index contributed by atoms with van der Waals surface area (Å²) in [5, 5.41) is 5.81. The van der Waals surface area contributed by atoms with Crippen LogP contribution in [0.15, 0.2) is 36.4 Å². The SMILES string of the molecule is CCNC(=O)N[C@H](C)[C@H]1c2cc(OC)c(OC)cc2CCN1Cc1ccccc1F. The van der Waals surface area contributed by atoms with Gasteiger partial charge in [-0.2, -0.15) is 0 Å². The van der Waals surface area contributed by atoms with Crippen LogP contribution in [0, 0.1) is 5.82 Å². The average molecular weight is 416 g/mol. The van der Waals surface area contributed by atoms with Crippen molar-refractivity contribution in [2.75, 3.05) is 27.3 Å². The number of carbonyl (C=O) groups is 1. The zero-order valence-electron chi connectivity index (χ0n) is 18.0. The van der Waals surface area contributed by atoms with Crippen molar-refractivity contribution in [3.63, 3.8) is 0 Å². The van der Waals surface area contributed by atoms with E-state index in [1.807, 2.05) is 32.0 Å². The number of nitrogens with zero attached hydrogens (tertiary/aromatic N) is 1. The topological polar surface area (TPSA) is 62.8 Å². The quantitative estimate of drug-likeness (QED) is 0.725. The number of rotatable bonds is 7. The summed E-state index contributed by atoms with van der Waals surface area (Å²) in [6.07, 6.45) is 0.800. The highest BCUT2D eigenvalue weighted by atomic mass is 19.1. The number of hydrogen-bond acceptors (Lipinski definition) is 4. The minimum Gasteiger partial charge on any atom is -0.493 e. The van der Waals surface area contributed by atoms with Gasteiger partial charge in [0, 0.05) is 31.2 Å². The molecule has 0 bridgehead atoms. The first-order valence-corrected chi connectivity index (χ1v) is 10.2. The monoisotopic (exact) mass is 415 g/mol. The third-order valence-corrected chi connectivity index (χ3v) is 5.53. The summed E-state index contributed by atoms with van der Waals surface area (Å²) in [7, 11) is 3.23. The standard InChI is InChI=1S/C23H30FN3O3/c1-5-25-23(28)26-15(2)22-18-13-21(30-4)20(29-3)12-16(18)10-11-27(22)14-17-8-6-7-9-19(17)24/h6-9,12-13,15,22H,5,10-11,14H2,1-4H3,(H2,25,26,28)/t15-,22+/m1/s1. The Morgan fingerprint density at radius 1 is 1.23 bits per heavy atom. The van der Waals surface area contributed by atoms with Crippen molar-refractivity contribution < 1.29 is 18.7 Å². The van der Waals surface area contributed by atoms with E-state index in [1.165, 1.54) is 6.07 Å². The van der Waals surface area contributed by atoms with E-state index >= 15 is 0 Å². The lowest BCUT2D eigenvalue weighted by atomic mass is 9.87. The van der Waals surface area contributed by atoms with Crippen LogP contribution in [0.4, 0.5) is 9.18 Å². The second-order valence-corrected chi connectivity index (χ2v) is 7.46. The number of fused-ring (bicyclic) bond motifs is 1. The molecule has 2 N–H and O–H groups in total. The molecule has 2 atom stereocenters. The Labute approximate surface area is 177 Å². The Bertz CT molecular complexity index is 890. The van der Waals surface area contributed by atoms with Crippen LogP contribution >= 0.6 is 0 Å². The molecule has 0 radical (unpaired) electrons. The minimum absolute atomic E-state index is 0.143. The largest absolute Gasteiger partial charge is 0.493 e. The number of ether oxygens (including phenoxy) is 2. The van der Waals surface area contributed by atoms with E-state index in [4.69, 9.17) is 9.47 Å². The molecule has 2 amide bonds. The van der Waals surface area contributed by atoms with Crippen LogP contribution in [0.1, 0.15) is 36.6 Å². The molecule has 0 aromatic heterocycles. The number of nitrogens with one attached hydrogen (secondary N) is 2. The van der Waals surface area contributed by atoms with E-state index < -0.39 is 0 Å². The number of amides is 2. The number of benzene rings is 2. The highest BCUT2D eigenvalue weighted by molar-refractivity contribution is 5.74. The molecule has 0 aliphatic carbocycles. The zero-order valence-corrected chi connectivity index (χ0v) is 18.0. The van der Waals surface area contributed by atoms with E-state index in [2.05, 4.69) is 15.5 Å². The van der Waals surface area contributed by atoms with Gasteiger partial charge < -0.3 is 20.1 Å². The van der Waals surface area contributed by atoms with Gasteiger partial charge in [0.05, 0.1) is 20.3 Å². The lowest BCUT2D eigenvalue weighted by Crippen LogP contribution is -2.49. The third kappa shape index (κ3) is 4.67. The highest BCUT2D eigenvalue weighted by Crippen LogP contribution is 2.40. The van der Waals surface area contributed by atoms with Gasteiger partial charge in [0.1, 0.15) is 5.82 Å². The maximum Gasteiger partial charge on any atom is 0.315 e. The van der Waals surface area contributed by atoms with Crippen LogP contribution in [-0.4, -0.2) is 44.3 Å². The molecule has 6 nitrogen and oxygen atoms in total. The molecule has 2 aromatic rings. The lowest BCUT2D eigenvalue weighted by Gasteiger charge is -2.41. The predicted molar refractivity (Wildman–Crippen MR) is 114 cm³/mol. The van der Waals surface area contributed by atoms with E-state index in [0.717, 1.165) is 24.1 Å². The molecule has 0 saturated heterocycles. The summed E-state index contributed by atoms with van der Waals surface area (Å²) >= 11 is 0. The van der Waals surface area contributed by atoms with Gasteiger partial charge >= 0.3 is 6.03 Å². The minimum atomic E-state index is -0.223. The second-order valence-electron chi connectivity index (χ2n) is 7.46. The summed E-state index contributed by atoms with van der Waals surface area (Å²) in [4.78, 5) is 14.4. The van der Waals surface area contributed by atoms with Crippen molar-refractivity contribution in [2.24, 2.45) is 0 Å². The van der Waals surface area contributed by atoms with Crippen molar-refractivity contribution in [3.8, 4) is 11.5 Å². The highest BCUT2D eigenvalue weighted by Gasteiger charge is 2.34. The Morgan fingerprint density at radius 2 is 1.93 bits per heavy atom. The molecule has 1 aliphatic rings. The van der Waals surface area contributed by atoms with Crippen molar-refractivity contribution >= 4 is 6.03 Å². The molecule has 7 heteroatoms. The van der Waals surface area contributed by atoms with Gasteiger partial charge in [-0.3, -0.25) is 4.90 Å². The molecule has 0 unspecified atom stereocenters. The Morgan fingerprint density at radius 3 is 2.60 bits per heavy atom. The van der Waals surface area contributed by atoms with Crippen molar-refractivity contribution in [1.82, 2.24) is 15.5 Å². The molecule has 30 heavy (non-hydrogen) atoms. The molecule has 1 heterocycles. The first-order chi connectivity index (χ1) is 14.5. The van der Waals surface area contributed by atoms with E-state index in [9.17, 15) is 9.18 Å². The number of carbonyl (C=O) groups excluding carboxylic acids is 1. The van der Waals surface area contributed by atoms with E-state index in [-0.39, 0.29) is 23.9 Å². The lowest BCUT2D eigenvalue weighted by molar-refractivity contribution is 0.141. The summed E-state index contributed by atoms with van der Waals surface area (Å²) in [5.74, 6) is 1.10. The first-order valence-electron chi connectivity index (χ1n) is 10.2. The fraction of sp³-hybridized carbons (Fsp3) is 0.435. The second kappa shape index (κ2) is 9.80. The number of hydrogen-bond donors (Lipinski definition) is 2. The zero-order chi connectivity index (χ0) is 21.7. The first kappa shape index (κ1) is 21.9. The maximum absolute atomic E-state index is 14.4. The predicted octanol–water partition coefficient (Wildman–Crippen LogP) is 3.65. The summed E-state index contributed by atoms with van der Waals surface area (Å²) in [5.41, 5.74) is 2.84. The fourth-order valence-electron chi connectivity index (χ4n) is 4.13. The van der Waals surface area contributed by atoms with Gasteiger partial charge in [-0.25, -0.2) is 9.18 Å². The Balaban J connectivity index is 1.99. The fourth-order valence-corrected chi connectivity index (χ4v) is 4.13. The van der Waals surface area contributed by atoms with Gasteiger partial charge in [-0.15, -0.1) is 0 Å². The van der Waals surface area contributed by atoms with E-state index in [0.29, 0.717) is 30.2 Å². The summed E-state index contributed by atoms with van der Waals surface area (Å²) in [6, 6.07) is 10.2. The molecule has 0 saturated carbocycles. The average Bonchev–Trinajstić information content (AvgIpc) is 2.74. The van der Waals surface area contributed by atoms with E-state index in [1.54, 1.807) is 26.4 Å². The smallest absolute Gasteiger partial charge is 0.315 e. The van der Waals surface area contributed by atoms with Crippen LogP contribution in [0.5, 0.6) is 11.5 Å². The molecule has 1 aliphatic heterocycles. The van der Waals surface area contributed by atoms with Crippen LogP contribution in [0.3, 0.4) is 0 Å². The molecular weight excluding hydrogens is 385 g/mol. The Hall–Kier alpha value is -2.80. The Kier molecular flexibility index (Phi) is 7.15. The number of urea groups is 1. The molecule has 162 valence electrons.